The molecule has 4 heteroatoms. The molecule has 2 aromatic heterocycles. The maximum absolute atomic E-state index is 5.57. The standard InChI is InChI=1S/C46H33N3Si/c1-6-18-34(19-7-1)42-33-43(35-20-8-2-9-21-35)48-46(47-42)50(37-24-12-4-13-25-37,38-26-14-5-15-27-38)39-30-31-45-41(32-39)40-28-16-17-29-44(40)49(45)36-22-10-3-11-23-36/h1-33H. The fraction of sp³-hybridized carbons (Fsp3) is 0. The highest BCUT2D eigenvalue weighted by molar-refractivity contribution is 7.19. The Morgan fingerprint density at radius 1 is 0.360 bits per heavy atom. The van der Waals surface area contributed by atoms with E-state index in [-0.39, 0.29) is 0 Å². The average molecular weight is 656 g/mol. The van der Waals surface area contributed by atoms with Gasteiger partial charge in [-0.15, -0.1) is 0 Å². The maximum atomic E-state index is 5.57. The monoisotopic (exact) mass is 655 g/mol. The van der Waals surface area contributed by atoms with Crippen LogP contribution in [0.2, 0.25) is 0 Å². The van der Waals surface area contributed by atoms with Crippen LogP contribution in [0.15, 0.2) is 200 Å². The van der Waals surface area contributed by atoms with Gasteiger partial charge < -0.3 is 4.57 Å². The predicted octanol–water partition coefficient (Wildman–Crippen LogP) is 8.29. The molecule has 0 saturated heterocycles. The average Bonchev–Trinajstić information content (AvgIpc) is 3.54. The number of para-hydroxylation sites is 2. The van der Waals surface area contributed by atoms with Crippen LogP contribution >= 0.6 is 0 Å². The molecule has 0 N–H and O–H groups in total. The first-order valence-corrected chi connectivity index (χ1v) is 19.0. The van der Waals surface area contributed by atoms with Crippen molar-refractivity contribution in [3.8, 4) is 28.2 Å². The second-order valence-corrected chi connectivity index (χ2v) is 16.3. The van der Waals surface area contributed by atoms with Crippen molar-refractivity contribution < 1.29 is 0 Å². The fourth-order valence-electron chi connectivity index (χ4n) is 7.45. The minimum atomic E-state index is -3.13. The predicted molar refractivity (Wildman–Crippen MR) is 211 cm³/mol. The van der Waals surface area contributed by atoms with E-state index in [1.165, 1.54) is 37.4 Å². The van der Waals surface area contributed by atoms with Crippen molar-refractivity contribution in [2.24, 2.45) is 0 Å². The SMILES string of the molecule is c1ccc(-c2cc(-c3ccccc3)nc([Si](c3ccccc3)(c3ccccc3)c3ccc4c(c3)c3ccccc3n4-c3ccccc3)n2)cc1. The van der Waals surface area contributed by atoms with Crippen LogP contribution in [0.25, 0.3) is 50.0 Å². The first-order chi connectivity index (χ1) is 24.8. The van der Waals surface area contributed by atoms with Crippen molar-refractivity contribution >= 4 is 50.9 Å². The van der Waals surface area contributed by atoms with Crippen LogP contribution in [0.4, 0.5) is 0 Å². The Balaban J connectivity index is 1.41. The third kappa shape index (κ3) is 4.97. The molecule has 0 amide bonds. The zero-order chi connectivity index (χ0) is 33.3. The summed E-state index contributed by atoms with van der Waals surface area (Å²) in [5.41, 5.74) is 8.34. The van der Waals surface area contributed by atoms with Gasteiger partial charge in [0.2, 0.25) is 8.07 Å². The molecule has 50 heavy (non-hydrogen) atoms. The van der Waals surface area contributed by atoms with Crippen molar-refractivity contribution in [3.05, 3.63) is 200 Å². The van der Waals surface area contributed by atoms with Crippen LogP contribution < -0.4 is 21.0 Å². The van der Waals surface area contributed by atoms with E-state index in [2.05, 4.69) is 205 Å². The molecule has 0 atom stereocenters. The van der Waals surface area contributed by atoms with Crippen molar-refractivity contribution in [1.29, 1.82) is 0 Å². The largest absolute Gasteiger partial charge is 0.309 e. The van der Waals surface area contributed by atoms with Crippen LogP contribution in [0.5, 0.6) is 0 Å². The molecule has 9 aromatic rings. The lowest BCUT2D eigenvalue weighted by Gasteiger charge is -2.32. The number of hydrogen-bond donors (Lipinski definition) is 0. The lowest BCUT2D eigenvalue weighted by molar-refractivity contribution is 1.18. The molecule has 236 valence electrons. The maximum Gasteiger partial charge on any atom is 0.226 e. The van der Waals surface area contributed by atoms with E-state index in [1.54, 1.807) is 0 Å². The van der Waals surface area contributed by atoms with E-state index in [4.69, 9.17) is 9.97 Å². The Bertz CT molecular complexity index is 2470. The fourth-order valence-corrected chi connectivity index (χ4v) is 11.9. The van der Waals surface area contributed by atoms with Crippen molar-refractivity contribution in [2.45, 2.75) is 0 Å². The molecule has 0 aliphatic rings. The second-order valence-electron chi connectivity index (χ2n) is 12.6. The van der Waals surface area contributed by atoms with Crippen LogP contribution in [-0.4, -0.2) is 22.6 Å². The third-order valence-corrected chi connectivity index (χ3v) is 14.2. The number of nitrogens with zero attached hydrogens (tertiary/aromatic N) is 3. The summed E-state index contributed by atoms with van der Waals surface area (Å²) in [5, 5.41) is 6.15. The molecule has 2 heterocycles. The Labute approximate surface area is 292 Å². The molecular weight excluding hydrogens is 623 g/mol. The van der Waals surface area contributed by atoms with E-state index in [0.717, 1.165) is 33.6 Å². The molecule has 0 aliphatic carbocycles. The lowest BCUT2D eigenvalue weighted by atomic mass is 10.1. The van der Waals surface area contributed by atoms with Crippen LogP contribution in [0, 0.1) is 0 Å². The topological polar surface area (TPSA) is 30.7 Å². The highest BCUT2D eigenvalue weighted by Gasteiger charge is 2.45. The zero-order valence-corrected chi connectivity index (χ0v) is 28.4. The number of aromatic nitrogens is 3. The Morgan fingerprint density at radius 3 is 1.38 bits per heavy atom. The molecule has 3 nitrogen and oxygen atoms in total. The van der Waals surface area contributed by atoms with Gasteiger partial charge in [-0.1, -0.05) is 170 Å². The normalized spacial score (nSPS) is 11.6. The van der Waals surface area contributed by atoms with Gasteiger partial charge in [-0.2, -0.15) is 0 Å². The molecule has 0 radical (unpaired) electrons. The van der Waals surface area contributed by atoms with Gasteiger partial charge in [0.25, 0.3) is 0 Å². The first-order valence-electron chi connectivity index (χ1n) is 17.0. The lowest BCUT2D eigenvalue weighted by Crippen LogP contribution is -2.76. The molecular formula is C46H33N3Si. The van der Waals surface area contributed by atoms with Gasteiger partial charge in [0, 0.05) is 27.6 Å². The van der Waals surface area contributed by atoms with Crippen molar-refractivity contribution in [1.82, 2.24) is 14.5 Å². The van der Waals surface area contributed by atoms with Crippen LogP contribution in [-0.2, 0) is 0 Å². The van der Waals surface area contributed by atoms with Crippen molar-refractivity contribution in [3.63, 3.8) is 0 Å². The summed E-state index contributed by atoms with van der Waals surface area (Å²) >= 11 is 0. The number of fused-ring (bicyclic) bond motifs is 3. The van der Waals surface area contributed by atoms with Gasteiger partial charge in [-0.25, -0.2) is 9.97 Å². The summed E-state index contributed by atoms with van der Waals surface area (Å²) in [6.07, 6.45) is 0. The van der Waals surface area contributed by atoms with Gasteiger partial charge in [-0.05, 0) is 45.9 Å². The molecule has 0 aliphatic heterocycles. The van der Waals surface area contributed by atoms with Crippen LogP contribution in [0.1, 0.15) is 0 Å². The minimum absolute atomic E-state index is 0.862. The van der Waals surface area contributed by atoms with E-state index in [9.17, 15) is 0 Å². The summed E-state index contributed by atoms with van der Waals surface area (Å²) in [5.74, 6) is 0. The molecule has 9 rings (SSSR count). The first kappa shape index (κ1) is 29.8. The summed E-state index contributed by atoms with van der Waals surface area (Å²) in [6.45, 7) is 0. The Morgan fingerprint density at radius 2 is 0.820 bits per heavy atom. The van der Waals surface area contributed by atoms with Gasteiger partial charge in [0.05, 0.1) is 22.4 Å². The summed E-state index contributed by atoms with van der Waals surface area (Å²) in [6, 6.07) is 71.5. The second kappa shape index (κ2) is 12.6. The third-order valence-electron chi connectivity index (χ3n) is 9.73. The van der Waals surface area contributed by atoms with Gasteiger partial charge in [0.15, 0.2) is 0 Å². The summed E-state index contributed by atoms with van der Waals surface area (Å²) in [4.78, 5) is 11.1. The van der Waals surface area contributed by atoms with Gasteiger partial charge in [0.1, 0.15) is 5.45 Å². The Hall–Kier alpha value is -6.36. The number of rotatable bonds is 7. The zero-order valence-electron chi connectivity index (χ0n) is 27.4. The molecule has 0 bridgehead atoms. The highest BCUT2D eigenvalue weighted by Crippen LogP contribution is 2.32. The van der Waals surface area contributed by atoms with Gasteiger partial charge in [-0.3, -0.25) is 0 Å². The molecule has 0 fully saturated rings. The van der Waals surface area contributed by atoms with Gasteiger partial charge >= 0.3 is 0 Å². The minimum Gasteiger partial charge on any atom is -0.309 e. The molecule has 0 saturated carbocycles. The molecule has 7 aromatic carbocycles. The van der Waals surface area contributed by atoms with E-state index >= 15 is 0 Å². The Kier molecular flexibility index (Phi) is 7.49. The number of benzene rings is 7. The van der Waals surface area contributed by atoms with E-state index in [1.807, 2.05) is 0 Å². The van der Waals surface area contributed by atoms with E-state index in [0.29, 0.717) is 0 Å². The van der Waals surface area contributed by atoms with Crippen molar-refractivity contribution in [2.75, 3.05) is 0 Å². The summed E-state index contributed by atoms with van der Waals surface area (Å²) in [7, 11) is -3.13. The molecule has 0 unspecified atom stereocenters. The quantitative estimate of drug-likeness (QED) is 0.128. The van der Waals surface area contributed by atoms with E-state index < -0.39 is 8.07 Å². The summed E-state index contributed by atoms with van der Waals surface area (Å²) < 4.78 is 2.38. The smallest absolute Gasteiger partial charge is 0.226 e. The van der Waals surface area contributed by atoms with Crippen LogP contribution in [0.3, 0.4) is 0 Å². The number of hydrogen-bond acceptors (Lipinski definition) is 2. The molecule has 0 spiro atoms. The highest BCUT2D eigenvalue weighted by atomic mass is 28.3.